The van der Waals surface area contributed by atoms with Crippen molar-refractivity contribution in [3.8, 4) is 17.3 Å². The van der Waals surface area contributed by atoms with Crippen LogP contribution in [0.4, 0.5) is 4.39 Å². The number of halogens is 1. The van der Waals surface area contributed by atoms with Gasteiger partial charge in [-0.2, -0.15) is 5.10 Å². The molecule has 1 aromatic heterocycles. The normalized spacial score (nSPS) is 10.8. The van der Waals surface area contributed by atoms with Crippen LogP contribution in [0.3, 0.4) is 0 Å². The van der Waals surface area contributed by atoms with Crippen LogP contribution in [0.25, 0.3) is 5.69 Å². The lowest BCUT2D eigenvalue weighted by Gasteiger charge is -2.23. The van der Waals surface area contributed by atoms with Gasteiger partial charge < -0.3 is 14.4 Å². The molecule has 0 aliphatic rings. The minimum absolute atomic E-state index is 0.107. The highest BCUT2D eigenvalue weighted by atomic mass is 19.1. The van der Waals surface area contributed by atoms with Gasteiger partial charge in [0.15, 0.2) is 0 Å². The Balaban J connectivity index is 1.78. The molecule has 0 spiro atoms. The van der Waals surface area contributed by atoms with E-state index in [-0.39, 0.29) is 18.3 Å². The van der Waals surface area contributed by atoms with E-state index in [1.807, 2.05) is 55.5 Å². The largest absolute Gasteiger partial charge is 0.439 e. The SMILES string of the molecule is CCc1nn(-c2ccccc2)c(Oc2ccc(F)cc2)c1CN(CCOC)C(=O)c1ccccc1. The van der Waals surface area contributed by atoms with E-state index in [9.17, 15) is 9.18 Å². The van der Waals surface area contributed by atoms with E-state index >= 15 is 0 Å². The predicted molar refractivity (Wildman–Crippen MR) is 132 cm³/mol. The lowest BCUT2D eigenvalue weighted by molar-refractivity contribution is 0.0679. The van der Waals surface area contributed by atoms with E-state index < -0.39 is 0 Å². The summed E-state index contributed by atoms with van der Waals surface area (Å²) in [6, 6.07) is 24.7. The standard InChI is InChI=1S/C28H28FN3O3/c1-3-26-25(20-31(18-19-34-2)27(33)21-10-6-4-7-11-21)28(35-24-16-14-22(29)15-17-24)32(30-26)23-12-8-5-9-13-23/h4-17H,3,18-20H2,1-2H3. The molecule has 0 aliphatic heterocycles. The number of amides is 1. The highest BCUT2D eigenvalue weighted by Crippen LogP contribution is 2.32. The molecule has 1 heterocycles. The fraction of sp³-hybridized carbons (Fsp3) is 0.214. The fourth-order valence-corrected chi connectivity index (χ4v) is 3.79. The number of rotatable bonds is 10. The molecule has 6 nitrogen and oxygen atoms in total. The zero-order chi connectivity index (χ0) is 24.6. The lowest BCUT2D eigenvalue weighted by Crippen LogP contribution is -2.33. The topological polar surface area (TPSA) is 56.6 Å². The second-order valence-electron chi connectivity index (χ2n) is 7.97. The number of hydrogen-bond acceptors (Lipinski definition) is 4. The number of ether oxygens (including phenoxy) is 2. The van der Waals surface area contributed by atoms with Crippen LogP contribution in [0.5, 0.6) is 11.6 Å². The van der Waals surface area contributed by atoms with Crippen LogP contribution in [0, 0.1) is 5.82 Å². The van der Waals surface area contributed by atoms with Gasteiger partial charge in [0.05, 0.1) is 30.1 Å². The molecular formula is C28H28FN3O3. The van der Waals surface area contributed by atoms with Crippen molar-refractivity contribution in [2.75, 3.05) is 20.3 Å². The highest BCUT2D eigenvalue weighted by Gasteiger charge is 2.25. The minimum Gasteiger partial charge on any atom is -0.439 e. The number of aryl methyl sites for hydroxylation is 1. The second kappa shape index (κ2) is 11.4. The number of aromatic nitrogens is 2. The highest BCUT2D eigenvalue weighted by molar-refractivity contribution is 5.94. The van der Waals surface area contributed by atoms with Gasteiger partial charge in [0.25, 0.3) is 5.91 Å². The first-order chi connectivity index (χ1) is 17.1. The molecule has 0 aliphatic carbocycles. The molecule has 3 aromatic carbocycles. The quantitative estimate of drug-likeness (QED) is 0.298. The number of methoxy groups -OCH3 is 1. The molecule has 1 amide bonds. The van der Waals surface area contributed by atoms with Gasteiger partial charge in [0.2, 0.25) is 5.88 Å². The van der Waals surface area contributed by atoms with Crippen molar-refractivity contribution in [1.29, 1.82) is 0 Å². The molecule has 0 saturated carbocycles. The molecule has 7 heteroatoms. The van der Waals surface area contributed by atoms with E-state index in [1.54, 1.807) is 41.0 Å². The Hall–Kier alpha value is -3.97. The summed E-state index contributed by atoms with van der Waals surface area (Å²) in [6.45, 7) is 3.09. The average Bonchev–Trinajstić information content (AvgIpc) is 3.25. The Morgan fingerprint density at radius 3 is 2.26 bits per heavy atom. The van der Waals surface area contributed by atoms with E-state index in [1.165, 1.54) is 12.1 Å². The molecule has 0 saturated heterocycles. The van der Waals surface area contributed by atoms with E-state index in [0.29, 0.717) is 36.8 Å². The molecule has 0 N–H and O–H groups in total. The monoisotopic (exact) mass is 473 g/mol. The molecule has 4 aromatic rings. The van der Waals surface area contributed by atoms with Gasteiger partial charge in [-0.25, -0.2) is 9.07 Å². The number of benzene rings is 3. The number of carbonyl (C=O) groups excluding carboxylic acids is 1. The van der Waals surface area contributed by atoms with Crippen LogP contribution in [0.2, 0.25) is 0 Å². The maximum Gasteiger partial charge on any atom is 0.254 e. The maximum absolute atomic E-state index is 13.5. The molecular weight excluding hydrogens is 445 g/mol. The third-order valence-corrected chi connectivity index (χ3v) is 5.61. The molecule has 4 rings (SSSR count). The summed E-state index contributed by atoms with van der Waals surface area (Å²) < 4.78 is 26.8. The van der Waals surface area contributed by atoms with Crippen molar-refractivity contribution >= 4 is 5.91 Å². The van der Waals surface area contributed by atoms with E-state index in [0.717, 1.165) is 16.9 Å². The van der Waals surface area contributed by atoms with Crippen LogP contribution < -0.4 is 4.74 Å². The number of hydrogen-bond donors (Lipinski definition) is 0. The smallest absolute Gasteiger partial charge is 0.254 e. The van der Waals surface area contributed by atoms with Crippen molar-refractivity contribution < 1.29 is 18.7 Å². The molecule has 180 valence electrons. The summed E-state index contributed by atoms with van der Waals surface area (Å²) in [4.78, 5) is 15.1. The molecule has 0 unspecified atom stereocenters. The summed E-state index contributed by atoms with van der Waals surface area (Å²) >= 11 is 0. The molecule has 0 radical (unpaired) electrons. The van der Waals surface area contributed by atoms with Gasteiger partial charge in [-0.15, -0.1) is 0 Å². The summed E-state index contributed by atoms with van der Waals surface area (Å²) in [5.74, 6) is 0.514. The lowest BCUT2D eigenvalue weighted by atomic mass is 10.1. The Labute approximate surface area is 204 Å². The van der Waals surface area contributed by atoms with Gasteiger partial charge in [0.1, 0.15) is 11.6 Å². The van der Waals surface area contributed by atoms with E-state index in [2.05, 4.69) is 0 Å². The number of para-hydroxylation sites is 1. The Morgan fingerprint density at radius 2 is 1.63 bits per heavy atom. The van der Waals surface area contributed by atoms with Crippen molar-refractivity contribution in [2.45, 2.75) is 19.9 Å². The Bertz CT molecular complexity index is 1240. The second-order valence-corrected chi connectivity index (χ2v) is 7.97. The minimum atomic E-state index is -0.345. The molecule has 0 bridgehead atoms. The first-order valence-electron chi connectivity index (χ1n) is 11.5. The van der Waals surface area contributed by atoms with Crippen LogP contribution in [0.1, 0.15) is 28.5 Å². The van der Waals surface area contributed by atoms with Crippen molar-refractivity contribution in [3.05, 3.63) is 108 Å². The van der Waals surface area contributed by atoms with Crippen molar-refractivity contribution in [1.82, 2.24) is 14.7 Å². The maximum atomic E-state index is 13.5. The summed E-state index contributed by atoms with van der Waals surface area (Å²) in [7, 11) is 1.61. The third kappa shape index (κ3) is 5.75. The fourth-order valence-electron chi connectivity index (χ4n) is 3.79. The van der Waals surface area contributed by atoms with Crippen LogP contribution in [-0.2, 0) is 17.7 Å². The van der Waals surface area contributed by atoms with Crippen LogP contribution in [-0.4, -0.2) is 40.8 Å². The Kier molecular flexibility index (Phi) is 7.90. The van der Waals surface area contributed by atoms with E-state index in [4.69, 9.17) is 14.6 Å². The van der Waals surface area contributed by atoms with Gasteiger partial charge in [-0.05, 0) is 55.0 Å². The van der Waals surface area contributed by atoms with Gasteiger partial charge >= 0.3 is 0 Å². The summed E-state index contributed by atoms with van der Waals surface area (Å²) in [5.41, 5.74) is 3.02. The number of carbonyl (C=O) groups is 1. The number of nitrogens with zero attached hydrogens (tertiary/aromatic N) is 3. The van der Waals surface area contributed by atoms with Gasteiger partial charge in [0, 0.05) is 19.2 Å². The zero-order valence-electron chi connectivity index (χ0n) is 19.9. The third-order valence-electron chi connectivity index (χ3n) is 5.61. The first-order valence-corrected chi connectivity index (χ1v) is 11.5. The predicted octanol–water partition coefficient (Wildman–Crippen LogP) is 5.65. The first kappa shape index (κ1) is 24.2. The molecule has 35 heavy (non-hydrogen) atoms. The average molecular weight is 474 g/mol. The summed E-state index contributed by atoms with van der Waals surface area (Å²) in [5, 5.41) is 4.83. The van der Waals surface area contributed by atoms with Crippen LogP contribution in [0.15, 0.2) is 84.9 Å². The Morgan fingerprint density at radius 1 is 0.971 bits per heavy atom. The zero-order valence-corrected chi connectivity index (χ0v) is 19.9. The van der Waals surface area contributed by atoms with Crippen molar-refractivity contribution in [2.24, 2.45) is 0 Å². The molecule has 0 atom stereocenters. The van der Waals surface area contributed by atoms with Gasteiger partial charge in [-0.1, -0.05) is 43.3 Å². The van der Waals surface area contributed by atoms with Crippen LogP contribution >= 0.6 is 0 Å². The summed E-state index contributed by atoms with van der Waals surface area (Å²) in [6.07, 6.45) is 0.645. The molecule has 0 fully saturated rings. The van der Waals surface area contributed by atoms with Gasteiger partial charge in [-0.3, -0.25) is 4.79 Å². The van der Waals surface area contributed by atoms with Crippen molar-refractivity contribution in [3.63, 3.8) is 0 Å².